The van der Waals surface area contributed by atoms with Crippen molar-refractivity contribution in [2.45, 2.75) is 0 Å². The van der Waals surface area contributed by atoms with Gasteiger partial charge in [0, 0.05) is 24.7 Å². The van der Waals surface area contributed by atoms with Gasteiger partial charge in [-0.3, -0.25) is 14.0 Å². The summed E-state index contributed by atoms with van der Waals surface area (Å²) >= 11 is 2.92. The second-order valence-corrected chi connectivity index (χ2v) is 6.86. The Labute approximate surface area is 143 Å². The molecule has 0 aliphatic rings. The molecule has 0 saturated heterocycles. The van der Waals surface area contributed by atoms with Gasteiger partial charge in [-0.25, -0.2) is 4.98 Å². The fourth-order valence-corrected chi connectivity index (χ4v) is 4.01. The number of aromatic nitrogens is 2. The Morgan fingerprint density at radius 3 is 2.88 bits per heavy atom. The van der Waals surface area contributed by atoms with Crippen LogP contribution in [-0.4, -0.2) is 34.3 Å². The van der Waals surface area contributed by atoms with E-state index in [1.807, 2.05) is 22.0 Å². The SMILES string of the molecule is O=C(NCCNC(=O)c1cc2c(nc3sccn32)s1)c1ccco1. The second kappa shape index (κ2) is 6.10. The number of fused-ring (bicyclic) bond motifs is 3. The molecule has 9 heteroatoms. The van der Waals surface area contributed by atoms with Gasteiger partial charge in [0.2, 0.25) is 0 Å². The van der Waals surface area contributed by atoms with E-state index < -0.39 is 0 Å². The van der Waals surface area contributed by atoms with E-state index in [0.717, 1.165) is 15.3 Å². The molecule has 24 heavy (non-hydrogen) atoms. The number of thiophene rings is 1. The zero-order chi connectivity index (χ0) is 16.5. The van der Waals surface area contributed by atoms with Crippen LogP contribution in [0.25, 0.3) is 15.3 Å². The zero-order valence-electron chi connectivity index (χ0n) is 12.3. The average Bonchev–Trinajstić information content (AvgIpc) is 3.31. The molecular weight excluding hydrogens is 348 g/mol. The van der Waals surface area contributed by atoms with E-state index in [2.05, 4.69) is 15.6 Å². The number of thiazole rings is 1. The maximum absolute atomic E-state index is 12.2. The minimum Gasteiger partial charge on any atom is -0.459 e. The van der Waals surface area contributed by atoms with Crippen molar-refractivity contribution in [1.82, 2.24) is 20.0 Å². The molecule has 122 valence electrons. The van der Waals surface area contributed by atoms with E-state index >= 15 is 0 Å². The van der Waals surface area contributed by atoms with Crippen molar-refractivity contribution >= 4 is 49.8 Å². The van der Waals surface area contributed by atoms with Gasteiger partial charge in [0.05, 0.1) is 16.7 Å². The molecule has 0 aromatic carbocycles. The van der Waals surface area contributed by atoms with Crippen molar-refractivity contribution in [2.24, 2.45) is 0 Å². The molecule has 4 aromatic heterocycles. The number of nitrogens with zero attached hydrogens (tertiary/aromatic N) is 2. The lowest BCUT2D eigenvalue weighted by Gasteiger charge is -2.04. The van der Waals surface area contributed by atoms with Crippen LogP contribution >= 0.6 is 22.7 Å². The molecule has 4 aromatic rings. The van der Waals surface area contributed by atoms with E-state index in [9.17, 15) is 9.59 Å². The molecular formula is C15H12N4O3S2. The van der Waals surface area contributed by atoms with Gasteiger partial charge >= 0.3 is 0 Å². The molecule has 7 nitrogen and oxygen atoms in total. The van der Waals surface area contributed by atoms with Crippen molar-refractivity contribution < 1.29 is 14.0 Å². The van der Waals surface area contributed by atoms with Gasteiger partial charge in [-0.05, 0) is 18.2 Å². The largest absolute Gasteiger partial charge is 0.459 e. The van der Waals surface area contributed by atoms with Gasteiger partial charge in [0.15, 0.2) is 10.7 Å². The summed E-state index contributed by atoms with van der Waals surface area (Å²) in [5.41, 5.74) is 0.938. The van der Waals surface area contributed by atoms with Crippen LogP contribution in [0.4, 0.5) is 0 Å². The molecule has 0 spiro atoms. The summed E-state index contributed by atoms with van der Waals surface area (Å²) in [6.07, 6.45) is 3.38. The highest BCUT2D eigenvalue weighted by molar-refractivity contribution is 7.21. The van der Waals surface area contributed by atoms with Crippen LogP contribution in [-0.2, 0) is 0 Å². The van der Waals surface area contributed by atoms with E-state index in [-0.39, 0.29) is 17.6 Å². The number of hydrogen-bond donors (Lipinski definition) is 2. The maximum atomic E-state index is 12.2. The number of nitrogens with one attached hydrogen (secondary N) is 2. The van der Waals surface area contributed by atoms with Gasteiger partial charge in [-0.2, -0.15) is 0 Å². The standard InChI is InChI=1S/C15H12N4O3S2/c20-12(10-2-1-6-22-10)16-3-4-17-13(21)11-8-9-14(24-11)18-15-19(9)5-7-23-15/h1-2,5-8H,3-4H2,(H,16,20)(H,17,21). The lowest BCUT2D eigenvalue weighted by atomic mass is 10.4. The van der Waals surface area contributed by atoms with Crippen LogP contribution in [0.15, 0.2) is 40.5 Å². The Bertz CT molecular complexity index is 1010. The first-order valence-corrected chi connectivity index (χ1v) is 8.87. The van der Waals surface area contributed by atoms with E-state index in [1.165, 1.54) is 17.6 Å². The van der Waals surface area contributed by atoms with E-state index in [4.69, 9.17) is 4.42 Å². The minimum atomic E-state index is -0.301. The van der Waals surface area contributed by atoms with E-state index in [0.29, 0.717) is 18.0 Å². The molecule has 2 amide bonds. The minimum absolute atomic E-state index is 0.172. The number of imidazole rings is 1. The first-order valence-electron chi connectivity index (χ1n) is 7.17. The number of carbonyl (C=O) groups is 2. The maximum Gasteiger partial charge on any atom is 0.287 e. The summed E-state index contributed by atoms with van der Waals surface area (Å²) < 4.78 is 6.96. The van der Waals surface area contributed by atoms with Gasteiger partial charge in [-0.15, -0.1) is 22.7 Å². The molecule has 4 heterocycles. The molecule has 0 aliphatic carbocycles. The normalized spacial score (nSPS) is 11.2. The summed E-state index contributed by atoms with van der Waals surface area (Å²) in [7, 11) is 0. The molecule has 2 N–H and O–H groups in total. The fraction of sp³-hybridized carbons (Fsp3) is 0.133. The highest BCUT2D eigenvalue weighted by atomic mass is 32.1. The highest BCUT2D eigenvalue weighted by Gasteiger charge is 2.15. The van der Waals surface area contributed by atoms with Gasteiger partial charge < -0.3 is 15.1 Å². The van der Waals surface area contributed by atoms with Crippen molar-refractivity contribution in [2.75, 3.05) is 13.1 Å². The Balaban J connectivity index is 1.34. The molecule has 0 radical (unpaired) electrons. The third-order valence-corrected chi connectivity index (χ3v) is 5.18. The number of carbonyl (C=O) groups excluding carboxylic acids is 2. The van der Waals surface area contributed by atoms with Crippen LogP contribution in [0.1, 0.15) is 20.2 Å². The Kier molecular flexibility index (Phi) is 3.79. The lowest BCUT2D eigenvalue weighted by molar-refractivity contribution is 0.0911. The van der Waals surface area contributed by atoms with Crippen LogP contribution in [0, 0.1) is 0 Å². The third kappa shape index (κ3) is 2.68. The van der Waals surface area contributed by atoms with Crippen LogP contribution in [0.3, 0.4) is 0 Å². The average molecular weight is 360 g/mol. The molecule has 0 unspecified atom stereocenters. The molecule has 0 atom stereocenters. The zero-order valence-corrected chi connectivity index (χ0v) is 13.9. The van der Waals surface area contributed by atoms with Gasteiger partial charge in [0.1, 0.15) is 4.83 Å². The van der Waals surface area contributed by atoms with Crippen LogP contribution < -0.4 is 10.6 Å². The number of amides is 2. The quantitative estimate of drug-likeness (QED) is 0.535. The molecule has 0 bridgehead atoms. The summed E-state index contributed by atoms with van der Waals surface area (Å²) in [4.78, 5) is 30.7. The van der Waals surface area contributed by atoms with Crippen LogP contribution in [0.2, 0.25) is 0 Å². The Morgan fingerprint density at radius 2 is 2.08 bits per heavy atom. The Morgan fingerprint density at radius 1 is 1.25 bits per heavy atom. The molecule has 0 aliphatic heterocycles. The first-order chi connectivity index (χ1) is 11.7. The predicted octanol–water partition coefficient (Wildman–Crippen LogP) is 2.36. The van der Waals surface area contributed by atoms with Gasteiger partial charge in [-0.1, -0.05) is 0 Å². The summed E-state index contributed by atoms with van der Waals surface area (Å²) in [6.45, 7) is 0.659. The van der Waals surface area contributed by atoms with Crippen molar-refractivity contribution in [3.63, 3.8) is 0 Å². The lowest BCUT2D eigenvalue weighted by Crippen LogP contribution is -2.34. The topological polar surface area (TPSA) is 88.6 Å². The number of furan rings is 1. The summed E-state index contributed by atoms with van der Waals surface area (Å²) in [5, 5.41) is 7.42. The summed E-state index contributed by atoms with van der Waals surface area (Å²) in [5.74, 6) is -0.222. The van der Waals surface area contributed by atoms with Crippen molar-refractivity contribution in [3.05, 3.63) is 46.7 Å². The van der Waals surface area contributed by atoms with E-state index in [1.54, 1.807) is 23.5 Å². The van der Waals surface area contributed by atoms with Crippen molar-refractivity contribution in [1.29, 1.82) is 0 Å². The highest BCUT2D eigenvalue weighted by Crippen LogP contribution is 2.28. The fourth-order valence-electron chi connectivity index (χ4n) is 2.29. The first kappa shape index (κ1) is 14.9. The predicted molar refractivity (Wildman–Crippen MR) is 91.8 cm³/mol. The second-order valence-electron chi connectivity index (χ2n) is 4.96. The number of hydrogen-bond acceptors (Lipinski definition) is 6. The summed E-state index contributed by atoms with van der Waals surface area (Å²) in [6, 6.07) is 5.07. The van der Waals surface area contributed by atoms with Crippen molar-refractivity contribution in [3.8, 4) is 0 Å². The third-order valence-electron chi connectivity index (χ3n) is 3.40. The Hall–Kier alpha value is -2.65. The molecule has 4 rings (SSSR count). The molecule has 0 saturated carbocycles. The number of rotatable bonds is 5. The monoisotopic (exact) mass is 360 g/mol. The molecule has 0 fully saturated rings. The smallest absolute Gasteiger partial charge is 0.287 e. The van der Waals surface area contributed by atoms with Crippen LogP contribution in [0.5, 0.6) is 0 Å². The van der Waals surface area contributed by atoms with Gasteiger partial charge in [0.25, 0.3) is 11.8 Å².